The summed E-state index contributed by atoms with van der Waals surface area (Å²) in [4.78, 5) is 29.8. The van der Waals surface area contributed by atoms with Gasteiger partial charge in [0.15, 0.2) is 0 Å². The largest absolute Gasteiger partial charge is 0.332 e. The van der Waals surface area contributed by atoms with Gasteiger partial charge in [-0.1, -0.05) is 11.6 Å². The highest BCUT2D eigenvalue weighted by atomic mass is 16.1. The number of likely N-dealkylation sites (N-methyl/N-ethyl adjacent to an activating group) is 1. The molecule has 124 valence electrons. The predicted molar refractivity (Wildman–Crippen MR) is 86.1 cm³/mol. The van der Waals surface area contributed by atoms with Crippen molar-refractivity contribution in [2.45, 2.75) is 56.7 Å². The van der Waals surface area contributed by atoms with Gasteiger partial charge >= 0.3 is 0 Å². The third-order valence-corrected chi connectivity index (χ3v) is 7.47. The molecule has 0 radical (unpaired) electrons. The van der Waals surface area contributed by atoms with E-state index < -0.39 is 0 Å². The van der Waals surface area contributed by atoms with E-state index in [2.05, 4.69) is 18.0 Å². The first kappa shape index (κ1) is 14.4. The van der Waals surface area contributed by atoms with Crippen LogP contribution in [0.2, 0.25) is 0 Å². The Kier molecular flexibility index (Phi) is 3.12. The first-order valence-corrected chi connectivity index (χ1v) is 9.45. The Balaban J connectivity index is 1.64. The van der Waals surface area contributed by atoms with Crippen molar-refractivity contribution < 1.29 is 14.5 Å². The molecule has 7 atom stereocenters. The molecule has 1 saturated carbocycles. The average molecular weight is 315 g/mol. The second-order valence-corrected chi connectivity index (χ2v) is 8.64. The highest BCUT2D eigenvalue weighted by molar-refractivity contribution is 5.93. The van der Waals surface area contributed by atoms with Gasteiger partial charge in [-0.05, 0) is 25.2 Å². The molecule has 2 saturated heterocycles. The fourth-order valence-electron chi connectivity index (χ4n) is 6.35. The van der Waals surface area contributed by atoms with E-state index >= 15 is 0 Å². The number of piperazine rings is 1. The molecule has 5 aliphatic rings. The van der Waals surface area contributed by atoms with Crippen molar-refractivity contribution in [3.05, 3.63) is 11.6 Å². The van der Waals surface area contributed by atoms with Crippen molar-refractivity contribution >= 4 is 11.6 Å². The lowest BCUT2D eigenvalue weighted by atomic mass is 9.67. The summed E-state index contributed by atoms with van der Waals surface area (Å²) in [5.41, 5.74) is 1.45. The molecule has 0 amide bonds. The first-order valence-electron chi connectivity index (χ1n) is 9.45. The number of hydrogen-bond donors (Lipinski definition) is 1. The van der Waals surface area contributed by atoms with Gasteiger partial charge in [-0.2, -0.15) is 0 Å². The number of quaternary nitrogens is 1. The minimum absolute atomic E-state index is 0.0429. The van der Waals surface area contributed by atoms with Crippen LogP contribution in [0.5, 0.6) is 0 Å². The summed E-state index contributed by atoms with van der Waals surface area (Å²) in [6, 6.07) is 1.62. The average Bonchev–Trinajstić information content (AvgIpc) is 2.88. The number of nitrogens with zero attached hydrogens (tertiary/aromatic N) is 1. The smallest absolute Gasteiger partial charge is 0.140 e. The molecule has 2 aliphatic carbocycles. The zero-order valence-corrected chi connectivity index (χ0v) is 14.0. The Labute approximate surface area is 137 Å². The Bertz CT molecular complexity index is 598. The SMILES string of the molecule is C[NH+]1C[C@@H]2C[C@H]3CCC(=O)[C@H]4[C@H]3N2C[C@@H]1CC1=C[C@H]4C(=O)CC1. The molecule has 3 aliphatic heterocycles. The highest BCUT2D eigenvalue weighted by Gasteiger charge is 2.56. The maximum absolute atomic E-state index is 12.8. The number of carbonyl (C=O) groups is 2. The Morgan fingerprint density at radius 1 is 1.17 bits per heavy atom. The van der Waals surface area contributed by atoms with E-state index in [1.54, 1.807) is 4.90 Å². The van der Waals surface area contributed by atoms with Crippen LogP contribution in [0.4, 0.5) is 0 Å². The van der Waals surface area contributed by atoms with Crippen molar-refractivity contribution in [1.29, 1.82) is 0 Å². The molecule has 0 spiro atoms. The van der Waals surface area contributed by atoms with E-state index in [0.29, 0.717) is 48.5 Å². The summed E-state index contributed by atoms with van der Waals surface area (Å²) in [5.74, 6) is 1.18. The monoisotopic (exact) mass is 315 g/mol. The minimum Gasteiger partial charge on any atom is -0.332 e. The Morgan fingerprint density at radius 2 is 2.04 bits per heavy atom. The van der Waals surface area contributed by atoms with Crippen molar-refractivity contribution in [1.82, 2.24) is 4.90 Å². The number of allylic oxidation sites excluding steroid dienone is 1. The zero-order chi connectivity index (χ0) is 15.7. The lowest BCUT2D eigenvalue weighted by molar-refractivity contribution is -0.913. The molecule has 3 heterocycles. The van der Waals surface area contributed by atoms with Crippen LogP contribution in [0.15, 0.2) is 11.6 Å². The molecule has 4 heteroatoms. The van der Waals surface area contributed by atoms with Crippen LogP contribution >= 0.6 is 0 Å². The van der Waals surface area contributed by atoms with Gasteiger partial charge in [0.1, 0.15) is 17.6 Å². The maximum atomic E-state index is 12.8. The third-order valence-electron chi connectivity index (χ3n) is 7.47. The summed E-state index contributed by atoms with van der Waals surface area (Å²) in [5, 5.41) is 0. The predicted octanol–water partition coefficient (Wildman–Crippen LogP) is 0.231. The fourth-order valence-corrected chi connectivity index (χ4v) is 6.35. The number of fused-ring (bicyclic) bond motifs is 3. The van der Waals surface area contributed by atoms with Crippen LogP contribution in [0.1, 0.15) is 38.5 Å². The Morgan fingerprint density at radius 3 is 2.91 bits per heavy atom. The van der Waals surface area contributed by atoms with Gasteiger partial charge in [0.25, 0.3) is 0 Å². The summed E-state index contributed by atoms with van der Waals surface area (Å²) in [7, 11) is 2.34. The summed E-state index contributed by atoms with van der Waals surface area (Å²) in [6.45, 7) is 2.34. The second-order valence-electron chi connectivity index (χ2n) is 8.64. The Hall–Kier alpha value is -1.00. The van der Waals surface area contributed by atoms with E-state index in [-0.39, 0.29) is 11.8 Å². The van der Waals surface area contributed by atoms with E-state index in [1.807, 2.05) is 0 Å². The van der Waals surface area contributed by atoms with Crippen LogP contribution in [0.25, 0.3) is 0 Å². The van der Waals surface area contributed by atoms with Crippen molar-refractivity contribution in [2.75, 3.05) is 20.1 Å². The summed E-state index contributed by atoms with van der Waals surface area (Å²) in [6.07, 6.45) is 7.94. The topological polar surface area (TPSA) is 41.8 Å². The number of carbonyl (C=O) groups excluding carboxylic acids is 2. The van der Waals surface area contributed by atoms with Crippen molar-refractivity contribution in [3.63, 3.8) is 0 Å². The molecule has 3 fully saturated rings. The maximum Gasteiger partial charge on any atom is 0.140 e. The number of nitrogens with one attached hydrogen (secondary N) is 1. The van der Waals surface area contributed by atoms with Crippen molar-refractivity contribution in [2.24, 2.45) is 17.8 Å². The van der Waals surface area contributed by atoms with Gasteiger partial charge in [0.2, 0.25) is 0 Å². The highest BCUT2D eigenvalue weighted by Crippen LogP contribution is 2.47. The lowest BCUT2D eigenvalue weighted by Crippen LogP contribution is -3.16. The second kappa shape index (κ2) is 5.00. The van der Waals surface area contributed by atoms with Crippen LogP contribution in [0.3, 0.4) is 0 Å². The normalized spacial score (nSPS) is 49.3. The number of Topliss-reactive ketones (excluding diaryl/α,β-unsaturated/α-hetero) is 2. The van der Waals surface area contributed by atoms with Gasteiger partial charge < -0.3 is 4.90 Å². The molecule has 1 unspecified atom stereocenters. The molecule has 4 bridgehead atoms. The van der Waals surface area contributed by atoms with Crippen molar-refractivity contribution in [3.8, 4) is 0 Å². The number of rotatable bonds is 0. The molecule has 23 heavy (non-hydrogen) atoms. The molecule has 0 aromatic heterocycles. The molecule has 4 nitrogen and oxygen atoms in total. The molecule has 1 N–H and O–H groups in total. The molecular formula is C19H27N2O2+. The van der Waals surface area contributed by atoms with Gasteiger partial charge in [-0.3, -0.25) is 14.5 Å². The van der Waals surface area contributed by atoms with E-state index in [1.165, 1.54) is 18.5 Å². The van der Waals surface area contributed by atoms with E-state index in [0.717, 1.165) is 25.8 Å². The van der Waals surface area contributed by atoms with E-state index in [4.69, 9.17) is 0 Å². The van der Waals surface area contributed by atoms with Crippen LogP contribution in [-0.2, 0) is 9.59 Å². The molecule has 0 aromatic rings. The van der Waals surface area contributed by atoms with Gasteiger partial charge in [0, 0.05) is 37.1 Å². The lowest BCUT2D eigenvalue weighted by Gasteiger charge is -2.44. The fraction of sp³-hybridized carbons (Fsp3) is 0.789. The van der Waals surface area contributed by atoms with Gasteiger partial charge in [-0.15, -0.1) is 0 Å². The number of ketones is 2. The number of hydrogen-bond acceptors (Lipinski definition) is 3. The van der Waals surface area contributed by atoms with Crippen LogP contribution in [-0.4, -0.2) is 54.7 Å². The molecular weight excluding hydrogens is 288 g/mol. The standard InChI is InChI=1S/C19H26N2O2/c1-20-9-14-8-12-3-5-17(23)18-15-7-11(2-4-16(15)22)6-13(20)10-21(14)19(12)18/h7,12-15,18-19H,2-6,8-10H2,1H3/p+1/t12-,13+,14+,15+,18+,19+/m1/s1. The van der Waals surface area contributed by atoms with Gasteiger partial charge in [0.05, 0.1) is 26.2 Å². The summed E-state index contributed by atoms with van der Waals surface area (Å²) >= 11 is 0. The van der Waals surface area contributed by atoms with E-state index in [9.17, 15) is 9.59 Å². The zero-order valence-electron chi connectivity index (χ0n) is 14.0. The van der Waals surface area contributed by atoms with Gasteiger partial charge in [-0.25, -0.2) is 0 Å². The quantitative estimate of drug-likeness (QED) is 0.651. The molecule has 5 rings (SSSR count). The minimum atomic E-state index is -0.113. The summed E-state index contributed by atoms with van der Waals surface area (Å²) < 4.78 is 0. The third kappa shape index (κ3) is 2.04. The van der Waals surface area contributed by atoms with Crippen LogP contribution in [0, 0.1) is 17.8 Å². The first-order chi connectivity index (χ1) is 11.1. The molecule has 0 aromatic carbocycles. The van der Waals surface area contributed by atoms with Crippen LogP contribution < -0.4 is 4.90 Å².